The average molecular weight is 335 g/mol. The number of hydrogen-bond donors (Lipinski definition) is 1. The molecule has 0 aliphatic heterocycles. The first kappa shape index (κ1) is 15.3. The Balaban J connectivity index is 2.90. The normalized spacial score (nSPS) is 12.3. The second-order valence-corrected chi connectivity index (χ2v) is 5.41. The van der Waals surface area contributed by atoms with Gasteiger partial charge in [0.2, 0.25) is 0 Å². The lowest BCUT2D eigenvalue weighted by atomic mass is 10.1. The van der Waals surface area contributed by atoms with Gasteiger partial charge in [0.05, 0.1) is 12.7 Å². The highest BCUT2D eigenvalue weighted by Gasteiger charge is 2.18. The third kappa shape index (κ3) is 3.89. The Morgan fingerprint density at radius 3 is 2.67 bits per heavy atom. The van der Waals surface area contributed by atoms with Crippen LogP contribution in [0.1, 0.15) is 24.2 Å². The zero-order valence-electron chi connectivity index (χ0n) is 10.7. The minimum Gasteiger partial charge on any atom is -0.496 e. The highest BCUT2D eigenvalue weighted by molar-refractivity contribution is 9.09. The van der Waals surface area contributed by atoms with Crippen LogP contribution in [0.25, 0.3) is 0 Å². The second-order valence-electron chi connectivity index (χ2n) is 4.32. The van der Waals surface area contributed by atoms with Gasteiger partial charge < -0.3 is 10.1 Å². The van der Waals surface area contributed by atoms with E-state index < -0.39 is 0 Å². The molecule has 5 heteroatoms. The lowest BCUT2D eigenvalue weighted by molar-refractivity contribution is 0.0928. The summed E-state index contributed by atoms with van der Waals surface area (Å²) in [5.41, 5.74) is 0.494. The van der Waals surface area contributed by atoms with Crippen LogP contribution in [0.4, 0.5) is 0 Å². The predicted octanol–water partition coefficient (Wildman–Crippen LogP) is 3.50. The van der Waals surface area contributed by atoms with Crippen molar-refractivity contribution in [1.29, 1.82) is 0 Å². The lowest BCUT2D eigenvalue weighted by Crippen LogP contribution is -2.39. The predicted molar refractivity (Wildman–Crippen MR) is 77.9 cm³/mol. The van der Waals surface area contributed by atoms with Crippen molar-refractivity contribution < 1.29 is 9.53 Å². The van der Waals surface area contributed by atoms with E-state index in [9.17, 15) is 4.79 Å². The van der Waals surface area contributed by atoms with E-state index in [0.29, 0.717) is 27.6 Å². The van der Waals surface area contributed by atoms with Crippen molar-refractivity contribution in [2.45, 2.75) is 19.9 Å². The van der Waals surface area contributed by atoms with Crippen LogP contribution >= 0.6 is 27.5 Å². The number of alkyl halides is 1. The maximum Gasteiger partial charge on any atom is 0.255 e. The Kier molecular flexibility index (Phi) is 5.96. The highest BCUT2D eigenvalue weighted by atomic mass is 79.9. The second kappa shape index (κ2) is 7.00. The first-order valence-corrected chi connectivity index (χ1v) is 7.20. The van der Waals surface area contributed by atoms with E-state index in [4.69, 9.17) is 16.3 Å². The molecule has 100 valence electrons. The molecule has 0 fully saturated rings. The third-order valence-corrected chi connectivity index (χ3v) is 3.63. The SMILES string of the molecule is COc1cc(Cl)ccc1C(=O)NC(CBr)C(C)C. The summed E-state index contributed by atoms with van der Waals surface area (Å²) in [6.45, 7) is 4.12. The third-order valence-electron chi connectivity index (χ3n) is 2.70. The quantitative estimate of drug-likeness (QED) is 0.837. The highest BCUT2D eigenvalue weighted by Crippen LogP contribution is 2.23. The molecule has 1 N–H and O–H groups in total. The minimum absolute atomic E-state index is 0.0814. The van der Waals surface area contributed by atoms with E-state index in [1.165, 1.54) is 7.11 Å². The fraction of sp³-hybridized carbons (Fsp3) is 0.462. The summed E-state index contributed by atoms with van der Waals surface area (Å²) in [6, 6.07) is 5.06. The molecule has 1 unspecified atom stereocenters. The summed E-state index contributed by atoms with van der Waals surface area (Å²) in [5.74, 6) is 0.686. The van der Waals surface area contributed by atoms with E-state index >= 15 is 0 Å². The number of nitrogens with one attached hydrogen (secondary N) is 1. The Bertz CT molecular complexity index is 423. The molecule has 1 aromatic carbocycles. The summed E-state index contributed by atoms with van der Waals surface area (Å²) < 4.78 is 5.17. The standard InChI is InChI=1S/C13H17BrClNO2/c1-8(2)11(7-14)16-13(17)10-5-4-9(15)6-12(10)18-3/h4-6,8,11H,7H2,1-3H3,(H,16,17). The minimum atomic E-state index is -0.151. The Labute approximate surface area is 121 Å². The molecule has 0 heterocycles. The van der Waals surface area contributed by atoms with Gasteiger partial charge >= 0.3 is 0 Å². The van der Waals surface area contributed by atoms with Gasteiger partial charge in [-0.25, -0.2) is 0 Å². The molecule has 0 aliphatic rings. The molecule has 1 atom stereocenters. The van der Waals surface area contributed by atoms with Gasteiger partial charge in [0.15, 0.2) is 0 Å². The number of rotatable bonds is 5. The van der Waals surface area contributed by atoms with Gasteiger partial charge in [-0.3, -0.25) is 4.79 Å². The molecule has 0 aliphatic carbocycles. The summed E-state index contributed by atoms with van der Waals surface area (Å²) in [5, 5.41) is 4.23. The molecular weight excluding hydrogens is 318 g/mol. The van der Waals surface area contributed by atoms with E-state index in [1.54, 1.807) is 18.2 Å². The van der Waals surface area contributed by atoms with Crippen molar-refractivity contribution in [2.75, 3.05) is 12.4 Å². The van der Waals surface area contributed by atoms with Crippen LogP contribution in [-0.4, -0.2) is 24.4 Å². The number of amides is 1. The Hall–Kier alpha value is -0.740. The summed E-state index contributed by atoms with van der Waals surface area (Å²) in [7, 11) is 1.52. The zero-order valence-corrected chi connectivity index (χ0v) is 13.0. The summed E-state index contributed by atoms with van der Waals surface area (Å²) in [4.78, 5) is 12.2. The number of benzene rings is 1. The van der Waals surface area contributed by atoms with Gasteiger partial charge in [0.1, 0.15) is 5.75 Å². The van der Waals surface area contributed by atoms with Crippen LogP contribution in [0.5, 0.6) is 5.75 Å². The number of ether oxygens (including phenoxy) is 1. The molecule has 0 spiro atoms. The molecule has 1 aromatic rings. The van der Waals surface area contributed by atoms with Crippen molar-refractivity contribution in [2.24, 2.45) is 5.92 Å². The maximum atomic E-state index is 12.2. The molecule has 0 bridgehead atoms. The molecule has 0 saturated carbocycles. The van der Waals surface area contributed by atoms with Crippen LogP contribution in [0, 0.1) is 5.92 Å². The summed E-state index contributed by atoms with van der Waals surface area (Å²) >= 11 is 9.26. The first-order chi connectivity index (χ1) is 8.49. The molecule has 3 nitrogen and oxygen atoms in total. The fourth-order valence-corrected chi connectivity index (χ4v) is 2.55. The van der Waals surface area contributed by atoms with Gasteiger partial charge in [-0.1, -0.05) is 41.4 Å². The molecule has 18 heavy (non-hydrogen) atoms. The van der Waals surface area contributed by atoms with E-state index in [1.807, 2.05) is 0 Å². The molecule has 1 amide bonds. The van der Waals surface area contributed by atoms with Gasteiger partial charge in [-0.05, 0) is 24.1 Å². The van der Waals surface area contributed by atoms with Crippen LogP contribution in [0.3, 0.4) is 0 Å². The largest absolute Gasteiger partial charge is 0.496 e. The van der Waals surface area contributed by atoms with Gasteiger partial charge in [-0.2, -0.15) is 0 Å². The molecule has 0 radical (unpaired) electrons. The fourth-order valence-electron chi connectivity index (χ4n) is 1.48. The smallest absolute Gasteiger partial charge is 0.255 e. The Morgan fingerprint density at radius 1 is 1.50 bits per heavy atom. The van der Waals surface area contributed by atoms with Crippen molar-refractivity contribution in [1.82, 2.24) is 5.32 Å². The molecule has 0 saturated heterocycles. The van der Waals surface area contributed by atoms with Gasteiger partial charge in [-0.15, -0.1) is 0 Å². The van der Waals surface area contributed by atoms with Crippen LogP contribution in [-0.2, 0) is 0 Å². The van der Waals surface area contributed by atoms with Crippen molar-refractivity contribution >= 4 is 33.4 Å². The van der Waals surface area contributed by atoms with Gasteiger partial charge in [0, 0.05) is 16.4 Å². The van der Waals surface area contributed by atoms with Crippen LogP contribution in [0.2, 0.25) is 5.02 Å². The molecule has 0 aromatic heterocycles. The average Bonchev–Trinajstić information content (AvgIpc) is 2.34. The first-order valence-electron chi connectivity index (χ1n) is 5.70. The van der Waals surface area contributed by atoms with Crippen molar-refractivity contribution in [3.8, 4) is 5.75 Å². The summed E-state index contributed by atoms with van der Waals surface area (Å²) in [6.07, 6.45) is 0. The number of carbonyl (C=O) groups is 1. The van der Waals surface area contributed by atoms with Crippen LogP contribution < -0.4 is 10.1 Å². The number of methoxy groups -OCH3 is 1. The van der Waals surface area contributed by atoms with E-state index in [2.05, 4.69) is 35.1 Å². The zero-order chi connectivity index (χ0) is 13.7. The number of hydrogen-bond acceptors (Lipinski definition) is 2. The van der Waals surface area contributed by atoms with E-state index in [0.717, 1.165) is 0 Å². The monoisotopic (exact) mass is 333 g/mol. The van der Waals surface area contributed by atoms with Crippen LogP contribution in [0.15, 0.2) is 18.2 Å². The van der Waals surface area contributed by atoms with Crippen molar-refractivity contribution in [3.05, 3.63) is 28.8 Å². The van der Waals surface area contributed by atoms with Gasteiger partial charge in [0.25, 0.3) is 5.91 Å². The lowest BCUT2D eigenvalue weighted by Gasteiger charge is -2.20. The number of halogens is 2. The number of carbonyl (C=O) groups excluding carboxylic acids is 1. The van der Waals surface area contributed by atoms with Crippen molar-refractivity contribution in [3.63, 3.8) is 0 Å². The maximum absolute atomic E-state index is 12.2. The Morgan fingerprint density at radius 2 is 2.17 bits per heavy atom. The molecular formula is C13H17BrClNO2. The molecule has 1 rings (SSSR count). The topological polar surface area (TPSA) is 38.3 Å². The van der Waals surface area contributed by atoms with E-state index in [-0.39, 0.29) is 11.9 Å².